The topological polar surface area (TPSA) is 73.2 Å². The summed E-state index contributed by atoms with van der Waals surface area (Å²) in [5.74, 6) is -0.111. The van der Waals surface area contributed by atoms with E-state index in [1.807, 2.05) is 14.0 Å². The molecule has 0 aliphatic heterocycles. The fourth-order valence-corrected chi connectivity index (χ4v) is 5.05. The molecule has 2 aromatic heterocycles. The fraction of sp³-hybridized carbons (Fsp3) is 0.500. The Kier molecular flexibility index (Phi) is 5.98. The van der Waals surface area contributed by atoms with Gasteiger partial charge in [-0.05, 0) is 49.2 Å². The molecule has 1 N–H and O–H groups in total. The summed E-state index contributed by atoms with van der Waals surface area (Å²) >= 11 is 1.50. The molecule has 0 saturated heterocycles. The van der Waals surface area contributed by atoms with Crippen LogP contribution in [0.25, 0.3) is 6.08 Å². The highest BCUT2D eigenvalue weighted by Crippen LogP contribution is 2.44. The highest BCUT2D eigenvalue weighted by Gasteiger charge is 2.34. The molecular formula is C22H29N3O3S. The lowest BCUT2D eigenvalue weighted by Crippen LogP contribution is -2.26. The van der Waals surface area contributed by atoms with Crippen LogP contribution in [0, 0.1) is 18.3 Å². The molecule has 3 rings (SSSR count). The maximum Gasteiger partial charge on any atom is 0.341 e. The van der Waals surface area contributed by atoms with Gasteiger partial charge in [-0.1, -0.05) is 20.8 Å². The molecule has 7 heteroatoms. The van der Waals surface area contributed by atoms with Gasteiger partial charge in [-0.2, -0.15) is 5.10 Å². The van der Waals surface area contributed by atoms with Crippen LogP contribution in [0.3, 0.4) is 0 Å². The van der Waals surface area contributed by atoms with Gasteiger partial charge in [0.2, 0.25) is 5.91 Å². The standard InChI is InChI=1S/C22H29N3O3S/c1-13-14(12-23-25(13)5)7-10-18(26)24-20-19(21(27)28-6)16-9-8-15(22(2,3)4)11-17(16)29-20/h7,10,12,15H,8-9,11H2,1-6H3,(H,24,26)/b10-7+/t15-/m0/s1. The Morgan fingerprint density at radius 1 is 1.38 bits per heavy atom. The average molecular weight is 416 g/mol. The van der Waals surface area contributed by atoms with Crippen molar-refractivity contribution in [2.75, 3.05) is 12.4 Å². The molecule has 29 heavy (non-hydrogen) atoms. The predicted octanol–water partition coefficient (Wildman–Crippen LogP) is 4.38. The second kappa shape index (κ2) is 8.14. The predicted molar refractivity (Wildman–Crippen MR) is 116 cm³/mol. The molecule has 0 fully saturated rings. The first-order chi connectivity index (χ1) is 13.6. The zero-order valence-electron chi connectivity index (χ0n) is 18.0. The molecular weight excluding hydrogens is 386 g/mol. The Labute approximate surface area is 176 Å². The maximum atomic E-state index is 12.5. The number of carbonyl (C=O) groups excluding carboxylic acids is 2. The zero-order valence-corrected chi connectivity index (χ0v) is 18.8. The number of anilines is 1. The number of rotatable bonds is 4. The van der Waals surface area contributed by atoms with E-state index in [0.29, 0.717) is 16.5 Å². The fourth-order valence-electron chi connectivity index (χ4n) is 3.73. The van der Waals surface area contributed by atoms with Gasteiger partial charge in [0.1, 0.15) is 5.00 Å². The number of nitrogens with one attached hydrogen (secondary N) is 1. The molecule has 1 atom stereocenters. The van der Waals surface area contributed by atoms with Gasteiger partial charge in [-0.15, -0.1) is 11.3 Å². The summed E-state index contributed by atoms with van der Waals surface area (Å²) in [5, 5.41) is 7.65. The number of amides is 1. The maximum absolute atomic E-state index is 12.5. The number of hydrogen-bond acceptors (Lipinski definition) is 5. The van der Waals surface area contributed by atoms with E-state index >= 15 is 0 Å². The first-order valence-electron chi connectivity index (χ1n) is 9.82. The molecule has 1 amide bonds. The molecule has 0 unspecified atom stereocenters. The Balaban J connectivity index is 1.85. The number of hydrogen-bond donors (Lipinski definition) is 1. The molecule has 156 valence electrons. The normalized spacial score (nSPS) is 16.7. The monoisotopic (exact) mass is 415 g/mol. The molecule has 0 spiro atoms. The molecule has 0 aromatic carbocycles. The molecule has 0 saturated carbocycles. The number of aromatic nitrogens is 2. The second-order valence-electron chi connectivity index (χ2n) is 8.64. The highest BCUT2D eigenvalue weighted by molar-refractivity contribution is 7.17. The highest BCUT2D eigenvalue weighted by atomic mass is 32.1. The molecule has 1 aliphatic rings. The second-order valence-corrected chi connectivity index (χ2v) is 9.74. The minimum atomic E-state index is -0.390. The summed E-state index contributed by atoms with van der Waals surface area (Å²) in [6.07, 6.45) is 7.72. The largest absolute Gasteiger partial charge is 0.465 e. The number of carbonyl (C=O) groups is 2. The molecule has 6 nitrogen and oxygen atoms in total. The number of nitrogens with zero attached hydrogens (tertiary/aromatic N) is 2. The van der Waals surface area contributed by atoms with Crippen LogP contribution in [0.4, 0.5) is 5.00 Å². The van der Waals surface area contributed by atoms with E-state index in [9.17, 15) is 9.59 Å². The van der Waals surface area contributed by atoms with Crippen LogP contribution in [0.2, 0.25) is 0 Å². The number of ether oxygens (including phenoxy) is 1. The summed E-state index contributed by atoms with van der Waals surface area (Å²) < 4.78 is 6.77. The van der Waals surface area contributed by atoms with Gasteiger partial charge in [0, 0.05) is 29.3 Å². The summed E-state index contributed by atoms with van der Waals surface area (Å²) in [6.45, 7) is 8.71. The van der Waals surface area contributed by atoms with Gasteiger partial charge in [0.25, 0.3) is 0 Å². The lowest BCUT2D eigenvalue weighted by molar-refractivity contribution is -0.111. The van der Waals surface area contributed by atoms with Crippen LogP contribution in [-0.4, -0.2) is 28.8 Å². The number of thiophene rings is 1. The van der Waals surface area contributed by atoms with Crippen LogP contribution in [0.5, 0.6) is 0 Å². The van der Waals surface area contributed by atoms with Crippen molar-refractivity contribution >= 4 is 34.3 Å². The summed E-state index contributed by atoms with van der Waals surface area (Å²) in [6, 6.07) is 0. The third-order valence-electron chi connectivity index (χ3n) is 5.80. The van der Waals surface area contributed by atoms with Crippen molar-refractivity contribution < 1.29 is 14.3 Å². The van der Waals surface area contributed by atoms with Gasteiger partial charge in [-0.25, -0.2) is 4.79 Å². The van der Waals surface area contributed by atoms with Gasteiger partial charge >= 0.3 is 5.97 Å². The van der Waals surface area contributed by atoms with E-state index in [2.05, 4.69) is 31.2 Å². The van der Waals surface area contributed by atoms with E-state index in [-0.39, 0.29) is 17.3 Å². The van der Waals surface area contributed by atoms with Crippen LogP contribution in [0.15, 0.2) is 12.3 Å². The van der Waals surface area contributed by atoms with Gasteiger partial charge < -0.3 is 10.1 Å². The van der Waals surface area contributed by atoms with Crippen molar-refractivity contribution in [2.45, 2.75) is 47.0 Å². The lowest BCUT2D eigenvalue weighted by Gasteiger charge is -2.33. The SMILES string of the molecule is COC(=O)c1c(NC(=O)/C=C/c2cnn(C)c2C)sc2c1CC[C@H](C(C)(C)C)C2. The van der Waals surface area contributed by atoms with Crippen LogP contribution < -0.4 is 5.32 Å². The molecule has 1 aliphatic carbocycles. The minimum absolute atomic E-state index is 0.209. The van der Waals surface area contributed by atoms with E-state index in [4.69, 9.17) is 4.74 Å². The summed E-state index contributed by atoms with van der Waals surface area (Å²) in [4.78, 5) is 26.2. The van der Waals surface area contributed by atoms with Crippen molar-refractivity contribution in [1.29, 1.82) is 0 Å². The van der Waals surface area contributed by atoms with Crippen LogP contribution >= 0.6 is 11.3 Å². The smallest absolute Gasteiger partial charge is 0.341 e. The first-order valence-corrected chi connectivity index (χ1v) is 10.6. The van der Waals surface area contributed by atoms with Crippen LogP contribution in [0.1, 0.15) is 59.2 Å². The van der Waals surface area contributed by atoms with Gasteiger partial charge in [0.15, 0.2) is 0 Å². The van der Waals surface area contributed by atoms with Gasteiger partial charge in [0.05, 0.1) is 18.9 Å². The minimum Gasteiger partial charge on any atom is -0.465 e. The third kappa shape index (κ3) is 4.45. The Hall–Kier alpha value is -2.41. The van der Waals surface area contributed by atoms with Gasteiger partial charge in [-0.3, -0.25) is 9.48 Å². The van der Waals surface area contributed by atoms with E-state index in [1.165, 1.54) is 29.4 Å². The zero-order chi connectivity index (χ0) is 21.3. The summed E-state index contributed by atoms with van der Waals surface area (Å²) in [5.41, 5.74) is 3.61. The number of esters is 1. The Morgan fingerprint density at radius 2 is 2.10 bits per heavy atom. The number of fused-ring (bicyclic) bond motifs is 1. The molecule has 0 radical (unpaired) electrons. The van der Waals surface area contributed by atoms with E-state index in [1.54, 1.807) is 17.0 Å². The van der Waals surface area contributed by atoms with Crippen molar-refractivity contribution in [1.82, 2.24) is 9.78 Å². The van der Waals surface area contributed by atoms with Crippen molar-refractivity contribution in [3.63, 3.8) is 0 Å². The van der Waals surface area contributed by atoms with Crippen molar-refractivity contribution in [2.24, 2.45) is 18.4 Å². The Bertz CT molecular complexity index is 963. The Morgan fingerprint density at radius 3 is 2.69 bits per heavy atom. The lowest BCUT2D eigenvalue weighted by atomic mass is 9.72. The molecule has 2 heterocycles. The summed E-state index contributed by atoms with van der Waals surface area (Å²) in [7, 11) is 3.24. The van der Waals surface area contributed by atoms with Crippen molar-refractivity contribution in [3.8, 4) is 0 Å². The van der Waals surface area contributed by atoms with Crippen molar-refractivity contribution in [3.05, 3.63) is 39.5 Å². The quantitative estimate of drug-likeness (QED) is 0.594. The van der Waals surface area contributed by atoms with E-state index < -0.39 is 0 Å². The van der Waals surface area contributed by atoms with Crippen LogP contribution in [-0.2, 0) is 29.4 Å². The third-order valence-corrected chi connectivity index (χ3v) is 6.97. The number of methoxy groups -OCH3 is 1. The number of aryl methyl sites for hydroxylation is 1. The van der Waals surface area contributed by atoms with E-state index in [0.717, 1.165) is 36.1 Å². The average Bonchev–Trinajstić information content (AvgIpc) is 3.18. The molecule has 2 aromatic rings. The first kappa shape index (κ1) is 21.3. The molecule has 0 bridgehead atoms.